The summed E-state index contributed by atoms with van der Waals surface area (Å²) in [6.45, 7) is 0.0340. The second-order valence-corrected chi connectivity index (χ2v) is 2.79. The lowest BCUT2D eigenvalue weighted by Gasteiger charge is -2.01. The Kier molecular flexibility index (Phi) is 3.58. The molecule has 0 fully saturated rings. The molecule has 1 heterocycles. The lowest BCUT2D eigenvalue weighted by atomic mass is 10.2. The van der Waals surface area contributed by atoms with Crippen LogP contribution in [0.1, 0.15) is 0 Å². The molecule has 0 unspecified atom stereocenters. The first-order valence-corrected chi connectivity index (χ1v) is 4.30. The minimum absolute atomic E-state index is 0.00255. The third-order valence-corrected chi connectivity index (χ3v) is 1.68. The van der Waals surface area contributed by atoms with Gasteiger partial charge in [-0.1, -0.05) is 0 Å². The predicted octanol–water partition coefficient (Wildman–Crippen LogP) is 0.384. The monoisotopic (exact) mass is 218 g/mol. The number of nitro groups is 1. The standard InChI is InChI=1S/C7H7ClN2O4/c8-1-2-14-7(11)5-3-9-4-6(5)10(12)13/h4H,1-3H2. The van der Waals surface area contributed by atoms with Crippen LogP contribution in [0.25, 0.3) is 0 Å². The van der Waals surface area contributed by atoms with Gasteiger partial charge < -0.3 is 4.74 Å². The van der Waals surface area contributed by atoms with Crippen molar-refractivity contribution in [2.45, 2.75) is 0 Å². The third-order valence-electron chi connectivity index (χ3n) is 1.53. The molecule has 0 aromatic rings. The van der Waals surface area contributed by atoms with Crippen LogP contribution in [0.2, 0.25) is 0 Å². The molecule has 0 aromatic carbocycles. The van der Waals surface area contributed by atoms with Crippen LogP contribution in [0.5, 0.6) is 0 Å². The minimum atomic E-state index is -0.727. The van der Waals surface area contributed by atoms with Gasteiger partial charge in [-0.05, 0) is 0 Å². The molecular formula is C7H7ClN2O4. The molecule has 0 saturated carbocycles. The zero-order valence-electron chi connectivity index (χ0n) is 7.10. The van der Waals surface area contributed by atoms with E-state index in [0.29, 0.717) is 0 Å². The van der Waals surface area contributed by atoms with E-state index in [-0.39, 0.29) is 30.3 Å². The molecule has 6 nitrogen and oxygen atoms in total. The van der Waals surface area contributed by atoms with Gasteiger partial charge in [-0.15, -0.1) is 11.6 Å². The number of rotatable bonds is 4. The molecule has 0 bridgehead atoms. The highest BCUT2D eigenvalue weighted by atomic mass is 35.5. The Morgan fingerprint density at radius 1 is 1.79 bits per heavy atom. The predicted molar refractivity (Wildman–Crippen MR) is 49.1 cm³/mol. The number of carbonyl (C=O) groups excluding carboxylic acids is 1. The molecule has 1 rings (SSSR count). The number of nitrogens with zero attached hydrogens (tertiary/aromatic N) is 2. The van der Waals surface area contributed by atoms with Gasteiger partial charge in [-0.25, -0.2) is 4.79 Å². The molecule has 0 spiro atoms. The van der Waals surface area contributed by atoms with E-state index in [1.807, 2.05) is 0 Å². The first kappa shape index (κ1) is 10.6. The number of ether oxygens (including phenoxy) is 1. The molecule has 0 aromatic heterocycles. The molecule has 0 aliphatic carbocycles. The first-order chi connectivity index (χ1) is 6.66. The molecule has 0 saturated heterocycles. The topological polar surface area (TPSA) is 81.8 Å². The Labute approximate surface area is 84.4 Å². The normalized spacial score (nSPS) is 14.6. The van der Waals surface area contributed by atoms with E-state index in [2.05, 4.69) is 9.73 Å². The number of allylic oxidation sites excluding steroid dienone is 1. The van der Waals surface area contributed by atoms with Crippen LogP contribution in [0.3, 0.4) is 0 Å². The smallest absolute Gasteiger partial charge is 0.343 e. The highest BCUT2D eigenvalue weighted by Crippen LogP contribution is 2.12. The van der Waals surface area contributed by atoms with Crippen LogP contribution >= 0.6 is 11.6 Å². The SMILES string of the molecule is O=C(OCCCl)C1=C([N+](=O)[O-])C=NC1. The summed E-state index contributed by atoms with van der Waals surface area (Å²) in [5, 5.41) is 10.4. The van der Waals surface area contributed by atoms with Gasteiger partial charge in [0, 0.05) is 0 Å². The second-order valence-electron chi connectivity index (χ2n) is 2.42. The Balaban J connectivity index is 2.72. The molecule has 14 heavy (non-hydrogen) atoms. The fraction of sp³-hybridized carbons (Fsp3) is 0.429. The zero-order valence-corrected chi connectivity index (χ0v) is 7.86. The van der Waals surface area contributed by atoms with E-state index in [0.717, 1.165) is 6.21 Å². The van der Waals surface area contributed by atoms with Gasteiger partial charge in [0.05, 0.1) is 17.3 Å². The lowest BCUT2D eigenvalue weighted by molar-refractivity contribution is -0.414. The van der Waals surface area contributed by atoms with Crippen molar-refractivity contribution in [3.8, 4) is 0 Å². The second kappa shape index (κ2) is 4.71. The summed E-state index contributed by atoms with van der Waals surface area (Å²) in [5.74, 6) is -0.567. The maximum absolute atomic E-state index is 11.2. The third kappa shape index (κ3) is 2.29. The Morgan fingerprint density at radius 3 is 3.07 bits per heavy atom. The number of esters is 1. The van der Waals surface area contributed by atoms with Gasteiger partial charge in [0.15, 0.2) is 0 Å². The number of halogens is 1. The number of hydrogen-bond donors (Lipinski definition) is 0. The van der Waals surface area contributed by atoms with Crippen molar-refractivity contribution in [1.82, 2.24) is 0 Å². The summed E-state index contributed by atoms with van der Waals surface area (Å²) in [6.07, 6.45) is 1.05. The zero-order chi connectivity index (χ0) is 10.6. The molecule has 0 amide bonds. The van der Waals surface area contributed by atoms with Gasteiger partial charge in [-0.2, -0.15) is 0 Å². The maximum Gasteiger partial charge on any atom is 0.343 e. The van der Waals surface area contributed by atoms with Crippen molar-refractivity contribution in [1.29, 1.82) is 0 Å². The van der Waals surface area contributed by atoms with E-state index in [4.69, 9.17) is 11.6 Å². The van der Waals surface area contributed by atoms with Crippen molar-refractivity contribution in [2.24, 2.45) is 4.99 Å². The largest absolute Gasteiger partial charge is 0.461 e. The molecule has 76 valence electrons. The fourth-order valence-corrected chi connectivity index (χ4v) is 1.00. The van der Waals surface area contributed by atoms with E-state index in [1.165, 1.54) is 0 Å². The summed E-state index contributed by atoms with van der Waals surface area (Å²) in [6, 6.07) is 0. The van der Waals surface area contributed by atoms with E-state index in [9.17, 15) is 14.9 Å². The maximum atomic E-state index is 11.2. The highest BCUT2D eigenvalue weighted by molar-refractivity contribution is 6.18. The Bertz CT molecular complexity index is 324. The Hall–Kier alpha value is -1.43. The fourth-order valence-electron chi connectivity index (χ4n) is 0.927. The molecule has 0 atom stereocenters. The van der Waals surface area contributed by atoms with Crippen LogP contribution in [0.4, 0.5) is 0 Å². The summed E-state index contributed by atoms with van der Waals surface area (Å²) >= 11 is 5.29. The van der Waals surface area contributed by atoms with Crippen molar-refractivity contribution in [3.63, 3.8) is 0 Å². The van der Waals surface area contributed by atoms with Gasteiger partial charge in [0.2, 0.25) is 0 Å². The van der Waals surface area contributed by atoms with Crippen molar-refractivity contribution in [3.05, 3.63) is 21.4 Å². The van der Waals surface area contributed by atoms with Crippen molar-refractivity contribution in [2.75, 3.05) is 19.0 Å². The van der Waals surface area contributed by atoms with Crippen LogP contribution < -0.4 is 0 Å². The molecule has 0 radical (unpaired) electrons. The van der Waals surface area contributed by atoms with Crippen LogP contribution in [0, 0.1) is 10.1 Å². The van der Waals surface area contributed by atoms with Gasteiger partial charge in [0.25, 0.3) is 5.70 Å². The van der Waals surface area contributed by atoms with E-state index in [1.54, 1.807) is 0 Å². The van der Waals surface area contributed by atoms with E-state index < -0.39 is 10.9 Å². The van der Waals surface area contributed by atoms with Gasteiger partial charge in [-0.3, -0.25) is 15.1 Å². The van der Waals surface area contributed by atoms with Crippen molar-refractivity contribution < 1.29 is 14.5 Å². The summed E-state index contributed by atoms with van der Waals surface area (Å²) < 4.78 is 4.64. The van der Waals surface area contributed by atoms with Crippen LogP contribution in [-0.4, -0.2) is 36.1 Å². The lowest BCUT2D eigenvalue weighted by Crippen LogP contribution is -2.14. The number of hydrogen-bond acceptors (Lipinski definition) is 5. The number of carbonyl (C=O) groups is 1. The van der Waals surface area contributed by atoms with Gasteiger partial charge >= 0.3 is 5.97 Å². The summed E-state index contributed by atoms with van der Waals surface area (Å²) in [7, 11) is 0. The van der Waals surface area contributed by atoms with Crippen molar-refractivity contribution >= 4 is 23.8 Å². The number of alkyl halides is 1. The highest BCUT2D eigenvalue weighted by Gasteiger charge is 2.27. The molecule has 7 heteroatoms. The summed E-state index contributed by atoms with van der Waals surface area (Å²) in [5.41, 5.74) is -0.329. The Morgan fingerprint density at radius 2 is 2.50 bits per heavy atom. The molecule has 0 N–H and O–H groups in total. The minimum Gasteiger partial charge on any atom is -0.461 e. The van der Waals surface area contributed by atoms with Gasteiger partial charge in [0.1, 0.15) is 18.4 Å². The molecular weight excluding hydrogens is 212 g/mol. The molecule has 1 aliphatic rings. The first-order valence-electron chi connectivity index (χ1n) is 3.77. The van der Waals surface area contributed by atoms with Crippen LogP contribution in [-0.2, 0) is 9.53 Å². The quantitative estimate of drug-likeness (QED) is 0.296. The van der Waals surface area contributed by atoms with Crippen LogP contribution in [0.15, 0.2) is 16.3 Å². The number of aliphatic imine (C=N–C) groups is 1. The average Bonchev–Trinajstić information content (AvgIpc) is 2.62. The molecule has 1 aliphatic heterocycles. The van der Waals surface area contributed by atoms with E-state index >= 15 is 0 Å². The average molecular weight is 219 g/mol. The summed E-state index contributed by atoms with van der Waals surface area (Å²) in [4.78, 5) is 24.6.